The Hall–Kier alpha value is -0.360. The van der Waals surface area contributed by atoms with Crippen LogP contribution in [0.3, 0.4) is 0 Å². The lowest BCUT2D eigenvalue weighted by Gasteiger charge is -2.08. The molecule has 1 aromatic heterocycles. The molecular weight excluding hydrogens is 304 g/mol. The number of sulfone groups is 1. The van der Waals surface area contributed by atoms with Gasteiger partial charge >= 0.3 is 0 Å². The summed E-state index contributed by atoms with van der Waals surface area (Å²) < 4.78 is 24.9. The predicted molar refractivity (Wildman–Crippen MR) is 71.2 cm³/mol. The van der Waals surface area contributed by atoms with Gasteiger partial charge in [0.15, 0.2) is 9.84 Å². The molecule has 0 saturated heterocycles. The minimum absolute atomic E-state index is 0.187. The summed E-state index contributed by atoms with van der Waals surface area (Å²) in [5.41, 5.74) is 2.43. The highest BCUT2D eigenvalue weighted by Crippen LogP contribution is 2.42. The van der Waals surface area contributed by atoms with Gasteiger partial charge in [-0.1, -0.05) is 22.9 Å². The maximum Gasteiger partial charge on any atom is 0.151 e. The molecule has 0 unspecified atom stereocenters. The van der Waals surface area contributed by atoms with Gasteiger partial charge in [0.1, 0.15) is 0 Å². The van der Waals surface area contributed by atoms with E-state index >= 15 is 0 Å². The van der Waals surface area contributed by atoms with Crippen molar-refractivity contribution in [1.29, 1.82) is 0 Å². The van der Waals surface area contributed by atoms with Gasteiger partial charge in [-0.15, -0.1) is 0 Å². The van der Waals surface area contributed by atoms with E-state index in [0.29, 0.717) is 12.5 Å². The first kappa shape index (κ1) is 13.1. The Kier molecular flexibility index (Phi) is 3.92. The quantitative estimate of drug-likeness (QED) is 0.754. The average Bonchev–Trinajstić information content (AvgIpc) is 3.07. The Labute approximate surface area is 110 Å². The van der Waals surface area contributed by atoms with E-state index in [-0.39, 0.29) is 11.5 Å². The highest BCUT2D eigenvalue weighted by atomic mass is 79.9. The van der Waals surface area contributed by atoms with Crippen LogP contribution in [0.25, 0.3) is 0 Å². The fraction of sp³-hybridized carbons (Fsp3) is 0.727. The molecule has 1 heterocycles. The summed E-state index contributed by atoms with van der Waals surface area (Å²) >= 11 is 3.45. The van der Waals surface area contributed by atoms with Gasteiger partial charge in [-0.05, 0) is 12.8 Å². The molecule has 1 aliphatic rings. The van der Waals surface area contributed by atoms with Gasteiger partial charge in [0.25, 0.3) is 0 Å². The zero-order chi connectivity index (χ0) is 12.5. The smallest absolute Gasteiger partial charge is 0.151 e. The van der Waals surface area contributed by atoms with Crippen LogP contribution in [-0.4, -0.2) is 29.7 Å². The molecule has 2 rings (SSSR count). The monoisotopic (exact) mass is 320 g/mol. The second-order valence-corrected chi connectivity index (χ2v) is 7.46. The molecule has 17 heavy (non-hydrogen) atoms. The molecule has 0 aromatic carbocycles. The Bertz CT molecular complexity index is 492. The van der Waals surface area contributed by atoms with Crippen molar-refractivity contribution in [3.63, 3.8) is 0 Å². The minimum Gasteiger partial charge on any atom is -0.268 e. The summed E-state index contributed by atoms with van der Waals surface area (Å²) in [5.74, 6) is 0.986. The standard InChI is InChI=1S/C11H17BrN2O2S/c1-2-17(15,16)6-5-14-11(9-3-4-9)10(7-12)8-13-14/h8-9H,2-7H2,1H3. The zero-order valence-electron chi connectivity index (χ0n) is 9.89. The van der Waals surface area contributed by atoms with Gasteiger partial charge in [-0.3, -0.25) is 4.68 Å². The molecule has 1 saturated carbocycles. The molecule has 1 aromatic rings. The van der Waals surface area contributed by atoms with Gasteiger partial charge in [0.2, 0.25) is 0 Å². The van der Waals surface area contributed by atoms with Crippen molar-refractivity contribution in [2.45, 2.75) is 37.6 Å². The molecule has 0 atom stereocenters. The molecule has 0 radical (unpaired) electrons. The zero-order valence-corrected chi connectivity index (χ0v) is 12.3. The first-order valence-corrected chi connectivity index (χ1v) is 8.82. The lowest BCUT2D eigenvalue weighted by atomic mass is 10.2. The fourth-order valence-corrected chi connectivity index (χ4v) is 3.09. The number of alkyl halides is 1. The minimum atomic E-state index is -2.91. The van der Waals surface area contributed by atoms with Gasteiger partial charge in [-0.2, -0.15) is 5.10 Å². The normalized spacial score (nSPS) is 16.4. The lowest BCUT2D eigenvalue weighted by molar-refractivity contribution is 0.574. The van der Waals surface area contributed by atoms with Crippen LogP contribution in [0.4, 0.5) is 0 Å². The largest absolute Gasteiger partial charge is 0.268 e. The van der Waals surface area contributed by atoms with Crippen molar-refractivity contribution in [2.24, 2.45) is 0 Å². The van der Waals surface area contributed by atoms with Crippen molar-refractivity contribution < 1.29 is 8.42 Å². The maximum absolute atomic E-state index is 11.5. The third-order valence-corrected chi connectivity index (χ3v) is 5.41. The van der Waals surface area contributed by atoms with E-state index in [1.54, 1.807) is 6.92 Å². The number of hydrogen-bond acceptors (Lipinski definition) is 3. The fourth-order valence-electron chi connectivity index (χ4n) is 1.91. The van der Waals surface area contributed by atoms with Crippen LogP contribution in [0.15, 0.2) is 6.20 Å². The van der Waals surface area contributed by atoms with Crippen molar-refractivity contribution >= 4 is 25.8 Å². The van der Waals surface area contributed by atoms with E-state index in [9.17, 15) is 8.42 Å². The molecule has 1 aliphatic carbocycles. The van der Waals surface area contributed by atoms with E-state index in [1.807, 2.05) is 10.9 Å². The van der Waals surface area contributed by atoms with Crippen LogP contribution in [-0.2, 0) is 21.7 Å². The molecule has 0 bridgehead atoms. The Balaban J connectivity index is 2.13. The molecule has 1 fully saturated rings. The van der Waals surface area contributed by atoms with E-state index in [0.717, 1.165) is 5.33 Å². The average molecular weight is 321 g/mol. The molecule has 0 aliphatic heterocycles. The van der Waals surface area contributed by atoms with Crippen LogP contribution in [0.1, 0.15) is 36.9 Å². The third kappa shape index (κ3) is 3.10. The highest BCUT2D eigenvalue weighted by Gasteiger charge is 2.30. The van der Waals surface area contributed by atoms with Crippen LogP contribution in [0.5, 0.6) is 0 Å². The summed E-state index contributed by atoms with van der Waals surface area (Å²) in [6.45, 7) is 2.17. The Morgan fingerprint density at radius 2 is 2.24 bits per heavy atom. The molecule has 0 spiro atoms. The molecule has 6 heteroatoms. The summed E-state index contributed by atoms with van der Waals surface area (Å²) in [5, 5.41) is 5.10. The lowest BCUT2D eigenvalue weighted by Crippen LogP contribution is -2.17. The Morgan fingerprint density at radius 1 is 1.53 bits per heavy atom. The van der Waals surface area contributed by atoms with Crippen LogP contribution < -0.4 is 0 Å². The van der Waals surface area contributed by atoms with E-state index in [4.69, 9.17) is 0 Å². The van der Waals surface area contributed by atoms with Gasteiger partial charge in [0, 0.05) is 28.3 Å². The molecule has 0 amide bonds. The molecular formula is C11H17BrN2O2S. The second kappa shape index (κ2) is 5.10. The first-order valence-electron chi connectivity index (χ1n) is 5.88. The summed E-state index contributed by atoms with van der Waals surface area (Å²) in [7, 11) is -2.91. The van der Waals surface area contributed by atoms with Crippen molar-refractivity contribution in [1.82, 2.24) is 9.78 Å². The van der Waals surface area contributed by atoms with Crippen LogP contribution >= 0.6 is 15.9 Å². The summed E-state index contributed by atoms with van der Waals surface area (Å²) in [4.78, 5) is 0. The van der Waals surface area contributed by atoms with E-state index in [1.165, 1.54) is 24.1 Å². The SMILES string of the molecule is CCS(=O)(=O)CCn1ncc(CBr)c1C1CC1. The van der Waals surface area contributed by atoms with Crippen LogP contribution in [0, 0.1) is 0 Å². The van der Waals surface area contributed by atoms with Gasteiger partial charge in [0.05, 0.1) is 18.5 Å². The van der Waals surface area contributed by atoms with E-state index in [2.05, 4.69) is 21.0 Å². The number of hydrogen-bond donors (Lipinski definition) is 0. The topological polar surface area (TPSA) is 52.0 Å². The van der Waals surface area contributed by atoms with Crippen molar-refractivity contribution in [3.05, 3.63) is 17.5 Å². The maximum atomic E-state index is 11.5. The number of halogens is 1. The summed E-state index contributed by atoms with van der Waals surface area (Å²) in [6, 6.07) is 0. The van der Waals surface area contributed by atoms with Crippen LogP contribution in [0.2, 0.25) is 0 Å². The number of rotatable bonds is 6. The Morgan fingerprint density at radius 3 is 2.76 bits per heavy atom. The third-order valence-electron chi connectivity index (χ3n) is 3.12. The summed E-state index contributed by atoms with van der Waals surface area (Å²) in [6.07, 6.45) is 4.25. The predicted octanol–water partition coefficient (Wildman–Crippen LogP) is 2.09. The molecule has 96 valence electrons. The first-order chi connectivity index (χ1) is 8.07. The van der Waals surface area contributed by atoms with Crippen molar-refractivity contribution in [2.75, 3.05) is 11.5 Å². The number of aryl methyl sites for hydroxylation is 1. The number of aromatic nitrogens is 2. The van der Waals surface area contributed by atoms with Crippen molar-refractivity contribution in [3.8, 4) is 0 Å². The molecule has 0 N–H and O–H groups in total. The highest BCUT2D eigenvalue weighted by molar-refractivity contribution is 9.08. The molecule has 4 nitrogen and oxygen atoms in total. The number of nitrogens with zero attached hydrogens (tertiary/aromatic N) is 2. The van der Waals surface area contributed by atoms with Gasteiger partial charge in [-0.25, -0.2) is 8.42 Å². The van der Waals surface area contributed by atoms with Gasteiger partial charge < -0.3 is 0 Å². The van der Waals surface area contributed by atoms with E-state index < -0.39 is 9.84 Å². The second-order valence-electron chi connectivity index (χ2n) is 4.42.